The van der Waals surface area contributed by atoms with Gasteiger partial charge in [-0.15, -0.1) is 0 Å². The molecule has 0 aromatic heterocycles. The van der Waals surface area contributed by atoms with Crippen LogP contribution >= 0.6 is 0 Å². The van der Waals surface area contributed by atoms with Crippen molar-refractivity contribution in [3.05, 3.63) is 23.8 Å². The van der Waals surface area contributed by atoms with Gasteiger partial charge in [-0.1, -0.05) is 38.5 Å². The molecule has 4 aliphatic rings. The summed E-state index contributed by atoms with van der Waals surface area (Å²) < 4.78 is 54.4. The van der Waals surface area contributed by atoms with Gasteiger partial charge in [0, 0.05) is 44.3 Å². The number of likely N-dealkylation sites (N-methyl/N-ethyl adjacent to an activating group) is 1. The normalized spacial score (nSPS) is 46.5. The third kappa shape index (κ3) is 13.2. The van der Waals surface area contributed by atoms with E-state index in [1.807, 2.05) is 13.0 Å². The number of hydrogen-bond donors (Lipinski definition) is 5. The third-order valence-corrected chi connectivity index (χ3v) is 13.1. The number of cyclic esters (lactones) is 1. The predicted molar refractivity (Wildman–Crippen MR) is 226 cm³/mol. The predicted octanol–water partition coefficient (Wildman–Crippen LogP) is 1.44. The summed E-state index contributed by atoms with van der Waals surface area (Å²) in [5.41, 5.74) is -0.826. The van der Waals surface area contributed by atoms with Crippen LogP contribution in [0, 0.1) is 23.7 Å². The number of ether oxygens (including phenoxy) is 9. The second-order valence-electron chi connectivity index (χ2n) is 18.4. The molecule has 0 bridgehead atoms. The fraction of sp³-hybridized carbons (Fsp3) is 0.844. The van der Waals surface area contributed by atoms with Crippen molar-refractivity contribution in [1.29, 1.82) is 0 Å². The van der Waals surface area contributed by atoms with E-state index in [4.69, 9.17) is 42.6 Å². The number of esters is 1. The van der Waals surface area contributed by atoms with Gasteiger partial charge >= 0.3 is 5.97 Å². The fourth-order valence-electron chi connectivity index (χ4n) is 9.19. The lowest BCUT2D eigenvalue weighted by Crippen LogP contribution is -2.65. The van der Waals surface area contributed by atoms with Crippen LogP contribution in [0.1, 0.15) is 81.1 Å². The van der Waals surface area contributed by atoms with E-state index in [0.717, 1.165) is 0 Å². The van der Waals surface area contributed by atoms with Crippen molar-refractivity contribution >= 4 is 18.0 Å². The number of hydrogen-bond acceptors (Lipinski definition) is 18. The van der Waals surface area contributed by atoms with Crippen molar-refractivity contribution in [3.8, 4) is 0 Å². The summed E-state index contributed by atoms with van der Waals surface area (Å²) in [6.45, 7) is 13.5. The quantitative estimate of drug-likeness (QED) is 0.138. The van der Waals surface area contributed by atoms with Gasteiger partial charge in [0.25, 0.3) is 0 Å². The van der Waals surface area contributed by atoms with Gasteiger partial charge in [0.05, 0.1) is 55.2 Å². The van der Waals surface area contributed by atoms with Gasteiger partial charge in [-0.2, -0.15) is 0 Å². The van der Waals surface area contributed by atoms with Crippen LogP contribution in [0.2, 0.25) is 0 Å². The number of ketones is 1. The van der Waals surface area contributed by atoms with E-state index < -0.39 is 140 Å². The summed E-state index contributed by atoms with van der Waals surface area (Å²) in [6.07, 6.45) is -9.08. The molecule has 0 aromatic carbocycles. The van der Waals surface area contributed by atoms with Crippen LogP contribution in [0.15, 0.2) is 23.8 Å². The monoisotopic (exact) mass is 902 g/mol. The number of aliphatic hydroxyl groups is 5. The molecule has 3 fully saturated rings. The Morgan fingerprint density at radius 1 is 0.857 bits per heavy atom. The Morgan fingerprint density at radius 2 is 1.51 bits per heavy atom. The maximum absolute atomic E-state index is 13.7. The van der Waals surface area contributed by atoms with Gasteiger partial charge < -0.3 is 77.9 Å². The molecule has 0 spiro atoms. The molecular formula is C45H75NO17. The average Bonchev–Trinajstić information content (AvgIpc) is 3.22. The molecular weight excluding hydrogens is 826 g/mol. The van der Waals surface area contributed by atoms with Gasteiger partial charge in [0.15, 0.2) is 24.7 Å². The highest BCUT2D eigenvalue weighted by Crippen LogP contribution is 2.37. The fourth-order valence-corrected chi connectivity index (χ4v) is 9.19. The van der Waals surface area contributed by atoms with Crippen LogP contribution in [-0.2, 0) is 57.0 Å². The molecule has 5 N–H and O–H groups in total. The van der Waals surface area contributed by atoms with Crippen LogP contribution in [0.3, 0.4) is 0 Å². The molecule has 63 heavy (non-hydrogen) atoms. The minimum atomic E-state index is -1.49. The molecule has 18 heteroatoms. The summed E-state index contributed by atoms with van der Waals surface area (Å²) in [4.78, 5) is 42.0. The number of nitrogens with zero attached hydrogens (tertiary/aromatic N) is 1. The molecule has 362 valence electrons. The number of allylic oxidation sites excluding steroid dienone is 3. The van der Waals surface area contributed by atoms with Crippen molar-refractivity contribution in [3.63, 3.8) is 0 Å². The first kappa shape index (κ1) is 53.3. The second-order valence-corrected chi connectivity index (χ2v) is 18.4. The Bertz CT molecular complexity index is 1540. The van der Waals surface area contributed by atoms with Crippen LogP contribution in [-0.4, -0.2) is 187 Å². The Balaban J connectivity index is 1.60. The number of aliphatic hydroxyl groups excluding tert-OH is 4. The number of aldehydes is 1. The summed E-state index contributed by atoms with van der Waals surface area (Å²) in [6, 6.07) is -0.767. The first-order valence-electron chi connectivity index (χ1n) is 22.2. The first-order valence-corrected chi connectivity index (χ1v) is 22.2. The zero-order valence-corrected chi connectivity index (χ0v) is 39.0. The Morgan fingerprint density at radius 3 is 2.10 bits per heavy atom. The molecule has 0 amide bonds. The highest BCUT2D eigenvalue weighted by atomic mass is 16.7. The molecule has 0 radical (unpaired) electrons. The van der Waals surface area contributed by atoms with E-state index in [2.05, 4.69) is 0 Å². The molecule has 0 saturated carbocycles. The number of carbonyl (C=O) groups excluding carboxylic acids is 3. The lowest BCUT2D eigenvalue weighted by atomic mass is 9.81. The lowest BCUT2D eigenvalue weighted by Gasteiger charge is -2.50. The van der Waals surface area contributed by atoms with E-state index in [1.165, 1.54) is 27.2 Å². The van der Waals surface area contributed by atoms with Crippen LogP contribution in [0.25, 0.3) is 0 Å². The molecule has 3 saturated heterocycles. The topological polar surface area (TPSA) is 239 Å². The Kier molecular flexibility index (Phi) is 19.9. The zero-order valence-electron chi connectivity index (χ0n) is 39.0. The number of carbonyl (C=O) groups is 3. The highest BCUT2D eigenvalue weighted by molar-refractivity contribution is 5.92. The van der Waals surface area contributed by atoms with Crippen molar-refractivity contribution in [2.45, 2.75) is 185 Å². The van der Waals surface area contributed by atoms with Gasteiger partial charge in [0.1, 0.15) is 49.0 Å². The van der Waals surface area contributed by atoms with E-state index in [9.17, 15) is 39.9 Å². The van der Waals surface area contributed by atoms with Crippen molar-refractivity contribution < 1.29 is 82.5 Å². The maximum atomic E-state index is 13.7. The van der Waals surface area contributed by atoms with E-state index in [1.54, 1.807) is 66.6 Å². The minimum Gasteiger partial charge on any atom is -0.462 e. The van der Waals surface area contributed by atoms with Gasteiger partial charge in [-0.3, -0.25) is 9.59 Å². The number of rotatable bonds is 12. The third-order valence-electron chi connectivity index (χ3n) is 13.1. The molecule has 21 atom stereocenters. The van der Waals surface area contributed by atoms with E-state index in [-0.39, 0.29) is 25.2 Å². The second kappa shape index (κ2) is 23.5. The molecule has 0 aliphatic carbocycles. The SMILES string of the molecule is CC[C@@H]1OC(=O)C[C@H](O)[C@@H](C)[C@@H](O[C@@H]2O[C@H](C)[C@@H](O[C@H]3C[C@@](C)(O)[C@@H](O)[C@H](C)O3)[C@H](N(C)C)[C@H]2O)[C@@H](C=O)C[C@@H](C)C(=O)/C=C/C(C)=C/[C@@H]1CO[C@H]1O[C@@H](C)[C@H](O)[C@H](OC)[C@@H]1OC. The summed E-state index contributed by atoms with van der Waals surface area (Å²) in [5.74, 6) is -4.14. The highest BCUT2D eigenvalue weighted by Gasteiger charge is 2.52. The van der Waals surface area contributed by atoms with Crippen molar-refractivity contribution in [1.82, 2.24) is 4.90 Å². The molecule has 4 aliphatic heterocycles. The molecule has 4 rings (SSSR count). The largest absolute Gasteiger partial charge is 0.462 e. The Hall–Kier alpha value is -2.27. The molecule has 0 aromatic rings. The van der Waals surface area contributed by atoms with Crippen molar-refractivity contribution in [2.75, 3.05) is 34.9 Å². The average molecular weight is 902 g/mol. The van der Waals surface area contributed by atoms with E-state index in [0.29, 0.717) is 18.3 Å². The summed E-state index contributed by atoms with van der Waals surface area (Å²) in [7, 11) is 6.40. The van der Waals surface area contributed by atoms with E-state index >= 15 is 0 Å². The van der Waals surface area contributed by atoms with Gasteiger partial charge in [0.2, 0.25) is 0 Å². The molecule has 0 unspecified atom stereocenters. The zero-order chi connectivity index (χ0) is 47.1. The van der Waals surface area contributed by atoms with Crippen LogP contribution < -0.4 is 0 Å². The summed E-state index contributed by atoms with van der Waals surface area (Å²) in [5, 5.41) is 55.5. The molecule has 18 nitrogen and oxygen atoms in total. The maximum Gasteiger partial charge on any atom is 0.308 e. The standard InChI is InChI=1S/C45H75NO17/c1-13-32-29(21-57-44-41(56-12)40(55-11)36(51)25(5)59-44)16-22(2)14-15-30(48)23(3)17-28(20-47)38(24(4)31(49)18-33(50)61-32)63-43-37(52)35(46(9)10)39(26(6)60-43)62-34-19-45(8,54)42(53)27(7)58-34/h14-16,20,23-29,31-32,34-44,49,51-54H,13,17-19,21H2,1-12H3/b15-14+,22-16+/t23-,24-,25+,26-,27+,28-,29-,31+,32+,34+,35-,36+,37-,38-,39-,40+,41+,42+,43+,44+,45-/m1/s1. The Labute approximate surface area is 372 Å². The van der Waals surface area contributed by atoms with Gasteiger partial charge in [-0.05, 0) is 67.6 Å². The van der Waals surface area contributed by atoms with Crippen LogP contribution in [0.5, 0.6) is 0 Å². The number of methoxy groups -OCH3 is 2. The smallest absolute Gasteiger partial charge is 0.308 e. The van der Waals surface area contributed by atoms with Gasteiger partial charge in [-0.25, -0.2) is 0 Å². The first-order chi connectivity index (χ1) is 29.6. The lowest BCUT2D eigenvalue weighted by molar-refractivity contribution is -0.341. The van der Waals surface area contributed by atoms with Crippen molar-refractivity contribution in [2.24, 2.45) is 23.7 Å². The summed E-state index contributed by atoms with van der Waals surface area (Å²) >= 11 is 0. The molecule has 4 heterocycles. The minimum absolute atomic E-state index is 0.0117. The van der Waals surface area contributed by atoms with Crippen LogP contribution in [0.4, 0.5) is 0 Å².